The van der Waals surface area contributed by atoms with Crippen LogP contribution in [0.4, 0.5) is 0 Å². The predicted octanol–water partition coefficient (Wildman–Crippen LogP) is -8.01. The number of piperazine rings is 1. The molecule has 0 unspecified atom stereocenters. The molecule has 1 saturated heterocycles. The van der Waals surface area contributed by atoms with Crippen molar-refractivity contribution in [3.05, 3.63) is 0 Å². The molecule has 20 radical (unpaired) electrons. The van der Waals surface area contributed by atoms with Crippen molar-refractivity contribution in [3.8, 4) is 0 Å². The average Bonchev–Trinajstić information content (AvgIpc) is 2.54. The van der Waals surface area contributed by atoms with E-state index < -0.39 is 51.1 Å². The van der Waals surface area contributed by atoms with Crippen molar-refractivity contribution in [2.45, 2.75) is 0 Å². The molecule has 1 aliphatic rings. The van der Waals surface area contributed by atoms with E-state index >= 15 is 0 Å². The molecule has 3 nitrogen and oxygen atoms in total. The predicted molar refractivity (Wildman–Crippen MR) is 135 cm³/mol. The van der Waals surface area contributed by atoms with Gasteiger partial charge in [-0.3, -0.25) is 4.90 Å². The van der Waals surface area contributed by atoms with Crippen LogP contribution in [-0.2, 0) is 0 Å². The first-order chi connectivity index (χ1) is 12.0. The lowest BCUT2D eigenvalue weighted by Gasteiger charge is -2.40. The van der Waals surface area contributed by atoms with E-state index in [1.54, 1.807) is 0 Å². The summed E-state index contributed by atoms with van der Waals surface area (Å²) in [6.07, 6.45) is -6.04. The summed E-state index contributed by atoms with van der Waals surface area (Å²) in [6.45, 7) is 4.20. The van der Waals surface area contributed by atoms with Crippen LogP contribution in [0, 0.1) is 0 Å². The maximum atomic E-state index is 8.59. The van der Waals surface area contributed by atoms with E-state index in [1.165, 1.54) is 0 Å². The molecule has 0 amide bonds. The lowest BCUT2D eigenvalue weighted by molar-refractivity contribution is 0.0957. The van der Waals surface area contributed by atoms with E-state index in [-0.39, 0.29) is 6.73 Å². The summed E-state index contributed by atoms with van der Waals surface area (Å²) >= 11 is 0. The highest BCUT2D eigenvalue weighted by Gasteiger charge is 2.41. The molecule has 26 heavy (non-hydrogen) atoms. The van der Waals surface area contributed by atoms with Crippen LogP contribution in [0.2, 0.25) is 0 Å². The van der Waals surface area contributed by atoms with E-state index in [0.29, 0.717) is 0 Å². The van der Waals surface area contributed by atoms with Gasteiger partial charge >= 0.3 is 0 Å². The van der Waals surface area contributed by atoms with Gasteiger partial charge in [-0.25, -0.2) is 0 Å². The van der Waals surface area contributed by atoms with Crippen molar-refractivity contribution >= 4 is 128 Å². The molecular weight excluding hydrogens is 299 g/mol. The lowest BCUT2D eigenvalue weighted by Crippen LogP contribution is -2.78. The first kappa shape index (κ1) is 27.0. The molecular formula is C5H12B18N2O. The van der Waals surface area contributed by atoms with Crippen LogP contribution >= 0.6 is 0 Å². The number of nitrogens with one attached hydrogen (secondary N) is 1. The van der Waals surface area contributed by atoms with E-state index in [0.717, 1.165) is 26.2 Å². The second-order valence-electron chi connectivity index (χ2n) is 6.63. The van der Waals surface area contributed by atoms with Crippen molar-refractivity contribution in [1.82, 2.24) is 10.2 Å². The molecule has 0 aromatic carbocycles. The normalized spacial score (nSPS) is 13.6. The third kappa shape index (κ3) is 9.50. The molecule has 0 saturated carbocycles. The fourth-order valence-corrected chi connectivity index (χ4v) is 3.16. The molecule has 1 rings (SSSR count). The van der Waals surface area contributed by atoms with Crippen LogP contribution in [0.1, 0.15) is 0 Å². The SMILES string of the molecule is OCN1CCNCC1.[B]B([B])B(B([B])[B])B(B([B])[B])B(B([B])[B])B([B])[B]. The highest BCUT2D eigenvalue weighted by atomic mass is 16.3. The maximum absolute atomic E-state index is 8.59. The number of nitrogens with zero attached hydrogens (tertiary/aromatic N) is 1. The molecule has 0 atom stereocenters. The summed E-state index contributed by atoms with van der Waals surface area (Å²) < 4.78 is 0. The second kappa shape index (κ2) is 14.1. The molecule has 21 heteroatoms. The Balaban J connectivity index is 0.000000642. The first-order valence-electron chi connectivity index (χ1n) is 8.64. The Hall–Kier alpha value is 1.05. The Morgan fingerprint density at radius 1 is 0.615 bits per heavy atom. The Morgan fingerprint density at radius 3 is 1.12 bits per heavy atom. The average molecular weight is 311 g/mol. The van der Waals surface area contributed by atoms with Crippen molar-refractivity contribution in [2.24, 2.45) is 0 Å². The topological polar surface area (TPSA) is 35.5 Å². The Bertz CT molecular complexity index is 314. The van der Waals surface area contributed by atoms with Crippen LogP contribution in [0.5, 0.6) is 0 Å². The van der Waals surface area contributed by atoms with Gasteiger partial charge in [0.1, 0.15) is 0 Å². The Kier molecular flexibility index (Phi) is 14.7. The van der Waals surface area contributed by atoms with E-state index in [2.05, 4.69) is 5.32 Å². The maximum Gasteiger partial charge on any atom is 0.0957 e. The number of rotatable bonds is 8. The first-order valence-corrected chi connectivity index (χ1v) is 8.64. The van der Waals surface area contributed by atoms with Crippen LogP contribution in [0.25, 0.3) is 0 Å². The molecule has 2 N–H and O–H groups in total. The molecule has 102 valence electrons. The van der Waals surface area contributed by atoms with Crippen molar-refractivity contribution in [2.75, 3.05) is 32.9 Å². The molecule has 0 aliphatic carbocycles. The molecule has 0 bridgehead atoms. The largest absolute Gasteiger partial charge is 0.381 e. The third-order valence-electron chi connectivity index (χ3n) is 4.52. The van der Waals surface area contributed by atoms with Gasteiger partial charge < -0.3 is 10.4 Å². The summed E-state index contributed by atoms with van der Waals surface area (Å²) in [5.41, 5.74) is 0. The van der Waals surface area contributed by atoms with E-state index in [4.69, 9.17) is 82.5 Å². The van der Waals surface area contributed by atoms with Gasteiger partial charge in [0.05, 0.1) is 6.73 Å². The smallest absolute Gasteiger partial charge is 0.0957 e. The Labute approximate surface area is 176 Å². The Morgan fingerprint density at radius 2 is 0.923 bits per heavy atom. The van der Waals surface area contributed by atoms with Gasteiger partial charge in [0.2, 0.25) is 0 Å². The molecule has 0 aromatic rings. The van der Waals surface area contributed by atoms with Gasteiger partial charge in [-0.1, -0.05) is 0 Å². The quantitative estimate of drug-likeness (QED) is 0.437. The van der Waals surface area contributed by atoms with Crippen LogP contribution in [0.3, 0.4) is 0 Å². The fraction of sp³-hybridized carbons (Fsp3) is 1.00. The second-order valence-corrected chi connectivity index (χ2v) is 6.63. The fourth-order valence-electron chi connectivity index (χ4n) is 3.16. The van der Waals surface area contributed by atoms with Crippen molar-refractivity contribution < 1.29 is 5.11 Å². The number of hydrogen-bond acceptors (Lipinski definition) is 3. The molecule has 1 aliphatic heterocycles. The summed E-state index contributed by atoms with van der Waals surface area (Å²) in [5.74, 6) is 0. The third-order valence-corrected chi connectivity index (χ3v) is 4.52. The van der Waals surface area contributed by atoms with Crippen molar-refractivity contribution in [3.63, 3.8) is 0 Å². The molecule has 1 heterocycles. The van der Waals surface area contributed by atoms with Gasteiger partial charge in [0.15, 0.2) is 0 Å². The van der Waals surface area contributed by atoms with Crippen LogP contribution in [0.15, 0.2) is 0 Å². The minimum atomic E-state index is -0.853. The zero-order chi connectivity index (χ0) is 20.4. The van der Waals surface area contributed by atoms with Crippen LogP contribution in [-0.4, -0.2) is 171 Å². The van der Waals surface area contributed by atoms with Crippen molar-refractivity contribution in [1.29, 1.82) is 0 Å². The number of hydrogen-bond donors (Lipinski definition) is 2. The van der Waals surface area contributed by atoms with Crippen LogP contribution < -0.4 is 5.32 Å². The van der Waals surface area contributed by atoms with Gasteiger partial charge in [0.25, 0.3) is 0 Å². The highest BCUT2D eigenvalue weighted by Crippen LogP contribution is 2.03. The summed E-state index contributed by atoms with van der Waals surface area (Å²) in [7, 11) is 56.7. The van der Waals surface area contributed by atoms with Gasteiger partial charge in [-0.05, 0) is 0 Å². The van der Waals surface area contributed by atoms with E-state index in [9.17, 15) is 0 Å². The van der Waals surface area contributed by atoms with Gasteiger partial charge in [0, 0.05) is 155 Å². The van der Waals surface area contributed by atoms with Gasteiger partial charge in [-0.15, -0.1) is 0 Å². The summed E-state index contributed by atoms with van der Waals surface area (Å²) in [4.78, 5) is 2.01. The zero-order valence-corrected chi connectivity index (χ0v) is 15.3. The number of aliphatic hydroxyl groups is 1. The lowest BCUT2D eigenvalue weighted by atomic mass is 8.41. The molecule has 0 aromatic heterocycles. The van der Waals surface area contributed by atoms with E-state index in [1.807, 2.05) is 4.90 Å². The monoisotopic (exact) mass is 314 g/mol. The minimum absolute atomic E-state index is 0.210. The summed E-state index contributed by atoms with van der Waals surface area (Å²) in [6, 6.07) is 0. The summed E-state index contributed by atoms with van der Waals surface area (Å²) in [5, 5.41) is 11.8. The standard InChI is InChI=1S/C5H12N2O.B18/c8-5-7-3-1-6-2-4-7;1-11(2)16(12(3)4)18(15(9)10)17(13(5)6)14(7)8/h6,8H,1-5H2;. The highest BCUT2D eigenvalue weighted by molar-refractivity contribution is 8.17. The number of aliphatic hydroxyl groups excluding tert-OH is 1. The van der Waals surface area contributed by atoms with Gasteiger partial charge in [-0.2, -0.15) is 0 Å². The molecule has 1 fully saturated rings. The minimum Gasteiger partial charge on any atom is -0.381 e. The zero-order valence-electron chi connectivity index (χ0n) is 15.3. The molecule has 0 spiro atoms.